The summed E-state index contributed by atoms with van der Waals surface area (Å²) in [5.74, 6) is 1.20. The second kappa shape index (κ2) is 6.71. The van der Waals surface area contributed by atoms with Crippen molar-refractivity contribution in [1.29, 1.82) is 0 Å². The summed E-state index contributed by atoms with van der Waals surface area (Å²) in [7, 11) is 0. The van der Waals surface area contributed by atoms with Crippen molar-refractivity contribution in [3.63, 3.8) is 0 Å². The van der Waals surface area contributed by atoms with Gasteiger partial charge in [-0.3, -0.25) is 4.79 Å². The van der Waals surface area contributed by atoms with Gasteiger partial charge in [0.15, 0.2) is 5.82 Å². The van der Waals surface area contributed by atoms with E-state index in [1.54, 1.807) is 0 Å². The molecule has 1 heterocycles. The zero-order valence-corrected chi connectivity index (χ0v) is 13.9. The Bertz CT molecular complexity index is 723. The summed E-state index contributed by atoms with van der Waals surface area (Å²) in [5, 5.41) is 3.26. The number of carbonyl (C=O) groups is 1. The summed E-state index contributed by atoms with van der Waals surface area (Å²) in [5.41, 5.74) is 3.23. The topological polar surface area (TPSA) is 54.9 Å². The zero-order chi connectivity index (χ0) is 16.4. The molecule has 1 saturated carbocycles. The van der Waals surface area contributed by atoms with Gasteiger partial charge in [-0.05, 0) is 32.1 Å². The van der Waals surface area contributed by atoms with Crippen LogP contribution in [-0.2, 0) is 11.2 Å². The number of amides is 1. The lowest BCUT2D eigenvalue weighted by molar-refractivity contribution is -0.125. The standard InChI is InChI=1S/C20H23N3O/c24-20(15-9-4-5-10-15)23-18-12-6-11-17-16(18)13-21-19(22-17)14-7-2-1-3-8-14/h1-3,7-8,13,15,18H,4-6,9-12H2,(H,23,24)/t18-/m0/s1. The van der Waals surface area contributed by atoms with Crippen LogP contribution >= 0.6 is 0 Å². The van der Waals surface area contributed by atoms with Gasteiger partial charge in [0.25, 0.3) is 0 Å². The van der Waals surface area contributed by atoms with Crippen LogP contribution in [0.3, 0.4) is 0 Å². The predicted octanol–water partition coefficient (Wildman–Crippen LogP) is 3.83. The summed E-state index contributed by atoms with van der Waals surface area (Å²) < 4.78 is 0. The van der Waals surface area contributed by atoms with Gasteiger partial charge in [0.1, 0.15) is 0 Å². The van der Waals surface area contributed by atoms with E-state index in [0.29, 0.717) is 0 Å². The molecule has 24 heavy (non-hydrogen) atoms. The molecule has 0 saturated heterocycles. The van der Waals surface area contributed by atoms with Crippen LogP contribution in [0.15, 0.2) is 36.5 Å². The molecule has 2 aliphatic carbocycles. The SMILES string of the molecule is O=C(N[C@H]1CCCc2nc(-c3ccccc3)ncc21)C1CCCC1. The Labute approximate surface area is 142 Å². The van der Waals surface area contributed by atoms with Crippen molar-refractivity contribution in [2.75, 3.05) is 0 Å². The van der Waals surface area contributed by atoms with Crippen molar-refractivity contribution in [2.24, 2.45) is 5.92 Å². The first-order valence-electron chi connectivity index (χ1n) is 9.03. The summed E-state index contributed by atoms with van der Waals surface area (Å²) in [6.45, 7) is 0. The molecule has 0 spiro atoms. The van der Waals surface area contributed by atoms with Gasteiger partial charge < -0.3 is 5.32 Å². The van der Waals surface area contributed by atoms with Crippen LogP contribution in [0.5, 0.6) is 0 Å². The number of hydrogen-bond acceptors (Lipinski definition) is 3. The Morgan fingerprint density at radius 1 is 1.04 bits per heavy atom. The minimum atomic E-state index is 0.0756. The van der Waals surface area contributed by atoms with E-state index in [1.807, 2.05) is 36.5 Å². The van der Waals surface area contributed by atoms with E-state index in [2.05, 4.69) is 10.3 Å². The number of benzene rings is 1. The van der Waals surface area contributed by atoms with Crippen LogP contribution < -0.4 is 5.32 Å². The van der Waals surface area contributed by atoms with Crippen molar-refractivity contribution in [1.82, 2.24) is 15.3 Å². The molecule has 2 aromatic rings. The Morgan fingerprint density at radius 2 is 1.83 bits per heavy atom. The molecule has 2 aliphatic rings. The van der Waals surface area contributed by atoms with E-state index in [1.165, 1.54) is 12.8 Å². The van der Waals surface area contributed by atoms with Crippen molar-refractivity contribution >= 4 is 5.91 Å². The minimum Gasteiger partial charge on any atom is -0.349 e. The van der Waals surface area contributed by atoms with Crippen LogP contribution in [0.1, 0.15) is 55.8 Å². The second-order valence-electron chi connectivity index (χ2n) is 6.90. The molecule has 1 amide bonds. The minimum absolute atomic E-state index is 0.0756. The van der Waals surface area contributed by atoms with Crippen molar-refractivity contribution in [3.8, 4) is 11.4 Å². The number of carbonyl (C=O) groups excluding carboxylic acids is 1. The monoisotopic (exact) mass is 321 g/mol. The van der Waals surface area contributed by atoms with Gasteiger partial charge in [-0.2, -0.15) is 0 Å². The molecule has 1 fully saturated rings. The van der Waals surface area contributed by atoms with Gasteiger partial charge in [0, 0.05) is 28.9 Å². The van der Waals surface area contributed by atoms with E-state index < -0.39 is 0 Å². The summed E-state index contributed by atoms with van der Waals surface area (Å²) in [6, 6.07) is 10.1. The number of rotatable bonds is 3. The first-order valence-corrected chi connectivity index (χ1v) is 9.03. The lowest BCUT2D eigenvalue weighted by Crippen LogP contribution is -2.35. The van der Waals surface area contributed by atoms with Gasteiger partial charge in [-0.15, -0.1) is 0 Å². The maximum Gasteiger partial charge on any atom is 0.223 e. The molecule has 124 valence electrons. The van der Waals surface area contributed by atoms with Gasteiger partial charge in [-0.1, -0.05) is 43.2 Å². The maximum absolute atomic E-state index is 12.5. The Morgan fingerprint density at radius 3 is 2.62 bits per heavy atom. The molecule has 1 aromatic heterocycles. The third-order valence-corrected chi connectivity index (χ3v) is 5.26. The van der Waals surface area contributed by atoms with Crippen LogP contribution in [0.25, 0.3) is 11.4 Å². The molecule has 0 radical (unpaired) electrons. The molecular weight excluding hydrogens is 298 g/mol. The van der Waals surface area contributed by atoms with E-state index in [-0.39, 0.29) is 17.9 Å². The number of aryl methyl sites for hydroxylation is 1. The molecule has 0 bridgehead atoms. The first kappa shape index (κ1) is 15.3. The van der Waals surface area contributed by atoms with E-state index in [0.717, 1.165) is 54.7 Å². The Kier molecular flexibility index (Phi) is 4.28. The number of aromatic nitrogens is 2. The quantitative estimate of drug-likeness (QED) is 0.935. The van der Waals surface area contributed by atoms with Crippen LogP contribution in [0, 0.1) is 5.92 Å². The first-order chi connectivity index (χ1) is 11.8. The summed E-state index contributed by atoms with van der Waals surface area (Å²) >= 11 is 0. The summed E-state index contributed by atoms with van der Waals surface area (Å²) in [4.78, 5) is 21.8. The van der Waals surface area contributed by atoms with E-state index >= 15 is 0 Å². The van der Waals surface area contributed by atoms with Gasteiger partial charge in [0.05, 0.1) is 6.04 Å². The average molecular weight is 321 g/mol. The largest absolute Gasteiger partial charge is 0.349 e. The molecular formula is C20H23N3O. The highest BCUT2D eigenvalue weighted by molar-refractivity contribution is 5.79. The Hall–Kier alpha value is -2.23. The number of nitrogens with zero attached hydrogens (tertiary/aromatic N) is 2. The van der Waals surface area contributed by atoms with Crippen molar-refractivity contribution in [3.05, 3.63) is 47.8 Å². The van der Waals surface area contributed by atoms with Crippen LogP contribution in [-0.4, -0.2) is 15.9 Å². The molecule has 4 rings (SSSR count). The third-order valence-electron chi connectivity index (χ3n) is 5.26. The fourth-order valence-electron chi connectivity index (χ4n) is 3.90. The fraction of sp³-hybridized carbons (Fsp3) is 0.450. The molecule has 1 aromatic carbocycles. The molecule has 1 atom stereocenters. The molecule has 0 aliphatic heterocycles. The van der Waals surface area contributed by atoms with Crippen molar-refractivity contribution in [2.45, 2.75) is 51.0 Å². The number of hydrogen-bond donors (Lipinski definition) is 1. The van der Waals surface area contributed by atoms with Gasteiger partial charge in [0.2, 0.25) is 5.91 Å². The highest BCUT2D eigenvalue weighted by Gasteiger charge is 2.28. The normalized spacial score (nSPS) is 20.6. The summed E-state index contributed by atoms with van der Waals surface area (Å²) in [6.07, 6.45) is 9.37. The Balaban J connectivity index is 1.55. The van der Waals surface area contributed by atoms with Gasteiger partial charge in [-0.25, -0.2) is 9.97 Å². The third kappa shape index (κ3) is 3.05. The average Bonchev–Trinajstić information content (AvgIpc) is 3.17. The van der Waals surface area contributed by atoms with Crippen LogP contribution in [0.2, 0.25) is 0 Å². The van der Waals surface area contributed by atoms with Gasteiger partial charge >= 0.3 is 0 Å². The number of nitrogens with one attached hydrogen (secondary N) is 1. The zero-order valence-electron chi connectivity index (χ0n) is 13.9. The van der Waals surface area contributed by atoms with Crippen molar-refractivity contribution < 1.29 is 4.79 Å². The molecule has 4 heteroatoms. The second-order valence-corrected chi connectivity index (χ2v) is 6.90. The smallest absolute Gasteiger partial charge is 0.223 e. The molecule has 0 unspecified atom stereocenters. The highest BCUT2D eigenvalue weighted by Crippen LogP contribution is 2.31. The maximum atomic E-state index is 12.5. The fourth-order valence-corrected chi connectivity index (χ4v) is 3.90. The van der Waals surface area contributed by atoms with E-state index in [9.17, 15) is 4.79 Å². The highest BCUT2D eigenvalue weighted by atomic mass is 16.1. The lowest BCUT2D eigenvalue weighted by atomic mass is 9.91. The molecule has 1 N–H and O–H groups in total. The lowest BCUT2D eigenvalue weighted by Gasteiger charge is -2.26. The van der Waals surface area contributed by atoms with Crippen LogP contribution in [0.4, 0.5) is 0 Å². The van der Waals surface area contributed by atoms with E-state index in [4.69, 9.17) is 4.98 Å². The number of fused-ring (bicyclic) bond motifs is 1. The predicted molar refractivity (Wildman–Crippen MR) is 93.2 cm³/mol. The molecule has 4 nitrogen and oxygen atoms in total.